The molecule has 7 nitrogen and oxygen atoms in total. The number of ketones is 1. The van der Waals surface area contributed by atoms with Crippen LogP contribution < -0.4 is 10.1 Å². The van der Waals surface area contributed by atoms with Gasteiger partial charge in [0.25, 0.3) is 0 Å². The lowest BCUT2D eigenvalue weighted by Crippen LogP contribution is -2.51. The minimum atomic E-state index is -0.967. The van der Waals surface area contributed by atoms with Crippen molar-refractivity contribution in [1.82, 2.24) is 5.32 Å². The summed E-state index contributed by atoms with van der Waals surface area (Å²) in [5.74, 6) is 1.06. The number of ether oxygens (including phenoxy) is 2. The lowest BCUT2D eigenvalue weighted by atomic mass is 9.64. The molecule has 3 rings (SSSR count). The molecule has 3 atom stereocenters. The minimum Gasteiger partial charge on any atom is -0.487 e. The van der Waals surface area contributed by atoms with Gasteiger partial charge in [0.05, 0.1) is 12.7 Å². The van der Waals surface area contributed by atoms with E-state index in [1.807, 2.05) is 18.2 Å². The fourth-order valence-corrected chi connectivity index (χ4v) is 4.75. The van der Waals surface area contributed by atoms with Gasteiger partial charge in [0.2, 0.25) is 0 Å². The number of aryl methyl sites for hydroxylation is 1. The number of benzene rings is 1. The number of nitrogens with one attached hydrogen (secondary N) is 2. The molecule has 0 radical (unpaired) electrons. The number of hydrogen-bond acceptors (Lipinski definition) is 6. The van der Waals surface area contributed by atoms with Gasteiger partial charge in [0.1, 0.15) is 17.7 Å². The lowest BCUT2D eigenvalue weighted by molar-refractivity contribution is -0.149. The van der Waals surface area contributed by atoms with E-state index >= 15 is 0 Å². The van der Waals surface area contributed by atoms with E-state index in [9.17, 15) is 9.90 Å². The van der Waals surface area contributed by atoms with Crippen LogP contribution in [0.5, 0.6) is 5.75 Å². The normalized spacial score (nSPS) is 28.3. The zero-order valence-electron chi connectivity index (χ0n) is 18.3. The molecule has 0 saturated heterocycles. The third-order valence-electron chi connectivity index (χ3n) is 6.80. The number of aliphatic hydroxyl groups is 2. The molecular formula is C23H34N2O5. The highest BCUT2D eigenvalue weighted by molar-refractivity contribution is 5.97. The van der Waals surface area contributed by atoms with Crippen LogP contribution in [0.3, 0.4) is 0 Å². The van der Waals surface area contributed by atoms with Gasteiger partial charge in [-0.25, -0.2) is 0 Å². The lowest BCUT2D eigenvalue weighted by Gasteiger charge is -2.47. The van der Waals surface area contributed by atoms with Crippen LogP contribution in [0, 0.1) is 10.8 Å². The predicted octanol–water partition coefficient (Wildman–Crippen LogP) is 2.20. The summed E-state index contributed by atoms with van der Waals surface area (Å²) in [5, 5.41) is 30.4. The van der Waals surface area contributed by atoms with Gasteiger partial charge in [-0.1, -0.05) is 6.92 Å². The van der Waals surface area contributed by atoms with E-state index in [0.717, 1.165) is 36.1 Å². The second kappa shape index (κ2) is 8.65. The highest BCUT2D eigenvalue weighted by Crippen LogP contribution is 2.44. The summed E-state index contributed by atoms with van der Waals surface area (Å²) < 4.78 is 11.6. The van der Waals surface area contributed by atoms with Crippen LogP contribution >= 0.6 is 0 Å². The first-order valence-electron chi connectivity index (χ1n) is 10.6. The third-order valence-corrected chi connectivity index (χ3v) is 6.80. The zero-order valence-corrected chi connectivity index (χ0v) is 18.3. The highest BCUT2D eigenvalue weighted by Gasteiger charge is 2.43. The average molecular weight is 419 g/mol. The summed E-state index contributed by atoms with van der Waals surface area (Å²) in [6, 6.07) is 5.91. The molecule has 1 fully saturated rings. The van der Waals surface area contributed by atoms with Crippen LogP contribution in [0.1, 0.15) is 57.6 Å². The molecule has 166 valence electrons. The summed E-state index contributed by atoms with van der Waals surface area (Å²) in [4.78, 5) is 12.0. The van der Waals surface area contributed by atoms with E-state index in [4.69, 9.17) is 20.0 Å². The van der Waals surface area contributed by atoms with Crippen molar-refractivity contribution in [3.05, 3.63) is 29.3 Å². The monoisotopic (exact) mass is 418 g/mol. The van der Waals surface area contributed by atoms with Gasteiger partial charge in [-0.05, 0) is 75.1 Å². The number of rotatable bonds is 8. The SMILES string of the molecule is CO[C@](C)(C(C)=O)[C@H]1CCc2cc(C(=N)N[C@H]3C[C@](C)(CC(O)CO)C3)ccc2O1. The Kier molecular flexibility index (Phi) is 6.55. The summed E-state index contributed by atoms with van der Waals surface area (Å²) in [5.41, 5.74) is 0.872. The number of methoxy groups -OCH3 is 1. The summed E-state index contributed by atoms with van der Waals surface area (Å²) in [7, 11) is 1.53. The summed E-state index contributed by atoms with van der Waals surface area (Å²) >= 11 is 0. The van der Waals surface area contributed by atoms with Crippen molar-refractivity contribution in [1.29, 1.82) is 5.41 Å². The molecule has 0 amide bonds. The maximum atomic E-state index is 12.0. The van der Waals surface area contributed by atoms with Gasteiger partial charge in [-0.3, -0.25) is 10.2 Å². The Balaban J connectivity index is 1.60. The largest absolute Gasteiger partial charge is 0.487 e. The number of aliphatic hydroxyl groups excluding tert-OH is 2. The number of carbonyl (C=O) groups is 1. The first-order chi connectivity index (χ1) is 14.1. The van der Waals surface area contributed by atoms with Crippen molar-refractivity contribution < 1.29 is 24.5 Å². The van der Waals surface area contributed by atoms with E-state index in [0.29, 0.717) is 18.7 Å². The molecule has 4 N–H and O–H groups in total. The van der Waals surface area contributed by atoms with E-state index < -0.39 is 11.7 Å². The molecule has 1 unspecified atom stereocenters. The van der Waals surface area contributed by atoms with Crippen LogP contribution in [0.25, 0.3) is 0 Å². The number of amidine groups is 1. The van der Waals surface area contributed by atoms with Crippen molar-refractivity contribution in [3.63, 3.8) is 0 Å². The topological polar surface area (TPSA) is 112 Å². The Bertz CT molecular complexity index is 805. The van der Waals surface area contributed by atoms with E-state index in [2.05, 4.69) is 12.2 Å². The van der Waals surface area contributed by atoms with Gasteiger partial charge in [0, 0.05) is 18.7 Å². The standard InChI is InChI=1S/C23H34N2O5/c1-14(27)23(3,29-4)20-8-6-15-9-16(5-7-19(15)30-20)21(24)25-17-10-22(2,11-17)12-18(28)13-26/h5,7,9,17-18,20,26,28H,6,8,10-13H2,1-4H3,(H2,24,25)/t17-,18?,20-,22-,23-/m1/s1. The molecule has 1 aliphatic carbocycles. The Morgan fingerprint density at radius 1 is 1.47 bits per heavy atom. The number of hydrogen-bond donors (Lipinski definition) is 4. The van der Waals surface area contributed by atoms with Crippen molar-refractivity contribution in [2.45, 2.75) is 76.7 Å². The molecule has 1 heterocycles. The van der Waals surface area contributed by atoms with Crippen LogP contribution in [-0.2, 0) is 16.0 Å². The Morgan fingerprint density at radius 3 is 2.77 bits per heavy atom. The quantitative estimate of drug-likeness (QED) is 0.380. The van der Waals surface area contributed by atoms with Gasteiger partial charge in [-0.2, -0.15) is 0 Å². The van der Waals surface area contributed by atoms with Crippen molar-refractivity contribution >= 4 is 11.6 Å². The molecule has 1 aromatic carbocycles. The molecule has 0 aromatic heterocycles. The second-order valence-electron chi connectivity index (χ2n) is 9.31. The smallest absolute Gasteiger partial charge is 0.165 e. The third kappa shape index (κ3) is 4.53. The van der Waals surface area contributed by atoms with Gasteiger partial charge in [-0.15, -0.1) is 0 Å². The summed E-state index contributed by atoms with van der Waals surface area (Å²) in [6.45, 7) is 5.19. The molecule has 0 bridgehead atoms. The maximum Gasteiger partial charge on any atom is 0.165 e. The number of fused-ring (bicyclic) bond motifs is 1. The number of carbonyl (C=O) groups excluding carboxylic acids is 1. The van der Waals surface area contributed by atoms with Gasteiger partial charge >= 0.3 is 0 Å². The number of Topliss-reactive ketones (excluding diaryl/α,β-unsaturated/α-hetero) is 1. The molecule has 7 heteroatoms. The summed E-state index contributed by atoms with van der Waals surface area (Å²) in [6.07, 6.45) is 2.72. The predicted molar refractivity (Wildman–Crippen MR) is 114 cm³/mol. The molecule has 1 aliphatic heterocycles. The molecule has 1 saturated carbocycles. The molecule has 1 aromatic rings. The first kappa shape index (κ1) is 22.7. The van der Waals surface area contributed by atoms with Gasteiger partial charge < -0.3 is 25.0 Å². The van der Waals surface area contributed by atoms with Crippen LogP contribution in [0.2, 0.25) is 0 Å². The maximum absolute atomic E-state index is 12.0. The van der Waals surface area contributed by atoms with Crippen molar-refractivity contribution in [2.24, 2.45) is 5.41 Å². The van der Waals surface area contributed by atoms with Crippen molar-refractivity contribution in [2.75, 3.05) is 13.7 Å². The Labute approximate surface area is 178 Å². The Morgan fingerprint density at radius 2 is 2.17 bits per heavy atom. The van der Waals surface area contributed by atoms with E-state index in [1.165, 1.54) is 14.0 Å². The molecular weight excluding hydrogens is 384 g/mol. The molecule has 2 aliphatic rings. The zero-order chi connectivity index (χ0) is 22.1. The first-order valence-corrected chi connectivity index (χ1v) is 10.6. The van der Waals surface area contributed by atoms with Crippen LogP contribution in [0.4, 0.5) is 0 Å². The molecule has 0 spiro atoms. The fourth-order valence-electron chi connectivity index (χ4n) is 4.75. The fraction of sp³-hybridized carbons (Fsp3) is 0.652. The average Bonchev–Trinajstić information content (AvgIpc) is 2.70. The van der Waals surface area contributed by atoms with E-state index in [1.54, 1.807) is 6.92 Å². The highest BCUT2D eigenvalue weighted by atomic mass is 16.5. The van der Waals surface area contributed by atoms with E-state index in [-0.39, 0.29) is 30.0 Å². The van der Waals surface area contributed by atoms with Crippen LogP contribution in [-0.4, -0.2) is 59.4 Å². The minimum absolute atomic E-state index is 0.00348. The Hall–Kier alpha value is -1.96. The molecule has 30 heavy (non-hydrogen) atoms. The van der Waals surface area contributed by atoms with Crippen molar-refractivity contribution in [3.8, 4) is 5.75 Å². The van der Waals surface area contributed by atoms with Gasteiger partial charge in [0.15, 0.2) is 11.4 Å². The second-order valence-corrected chi connectivity index (χ2v) is 9.31. The van der Waals surface area contributed by atoms with Crippen LogP contribution in [0.15, 0.2) is 18.2 Å².